The topological polar surface area (TPSA) is 46.6 Å². The molecule has 1 unspecified atom stereocenters. The van der Waals surface area contributed by atoms with E-state index in [0.29, 0.717) is 30.5 Å². The summed E-state index contributed by atoms with van der Waals surface area (Å²) in [5, 5.41) is 0. The van der Waals surface area contributed by atoms with Crippen molar-refractivity contribution in [2.24, 2.45) is 0 Å². The third-order valence-corrected chi connectivity index (χ3v) is 6.08. The van der Waals surface area contributed by atoms with Crippen LogP contribution in [0.2, 0.25) is 0 Å². The molecule has 4 nitrogen and oxygen atoms in total. The van der Waals surface area contributed by atoms with Gasteiger partial charge in [0, 0.05) is 25.6 Å². The van der Waals surface area contributed by atoms with Gasteiger partial charge >= 0.3 is 0 Å². The maximum Gasteiger partial charge on any atom is 0.243 e. The first-order chi connectivity index (χ1) is 9.98. The normalized spacial score (nSPS) is 20.6. The summed E-state index contributed by atoms with van der Waals surface area (Å²) in [6.07, 6.45) is 1.74. The molecule has 0 radical (unpaired) electrons. The Morgan fingerprint density at radius 3 is 2.86 bits per heavy atom. The number of hydrogen-bond acceptors (Lipinski definition) is 3. The van der Waals surface area contributed by atoms with Crippen LogP contribution in [0.3, 0.4) is 0 Å². The highest BCUT2D eigenvalue weighted by atomic mass is 35.5. The van der Waals surface area contributed by atoms with Crippen molar-refractivity contribution < 1.29 is 13.2 Å². The monoisotopic (exact) mass is 331 g/mol. The summed E-state index contributed by atoms with van der Waals surface area (Å²) in [6.45, 7) is 5.34. The minimum atomic E-state index is -3.48. The van der Waals surface area contributed by atoms with Crippen LogP contribution in [0, 0.1) is 6.92 Å². The lowest BCUT2D eigenvalue weighted by Gasteiger charge is -2.32. The molecule has 1 saturated heterocycles. The van der Waals surface area contributed by atoms with Crippen molar-refractivity contribution in [3.05, 3.63) is 29.3 Å². The predicted octanol–water partition coefficient (Wildman–Crippen LogP) is 2.92. The first kappa shape index (κ1) is 16.7. The maximum atomic E-state index is 12.9. The van der Waals surface area contributed by atoms with Gasteiger partial charge in [-0.3, -0.25) is 0 Å². The van der Waals surface area contributed by atoms with Crippen molar-refractivity contribution in [2.75, 3.05) is 19.7 Å². The Labute approximate surface area is 132 Å². The van der Waals surface area contributed by atoms with Gasteiger partial charge in [-0.05, 0) is 43.9 Å². The van der Waals surface area contributed by atoms with Crippen LogP contribution < -0.4 is 0 Å². The van der Waals surface area contributed by atoms with Crippen LogP contribution in [0.15, 0.2) is 23.1 Å². The summed E-state index contributed by atoms with van der Waals surface area (Å²) in [5.41, 5.74) is 1.57. The number of ether oxygens (including phenoxy) is 1. The molecule has 0 aliphatic carbocycles. The number of nitrogens with zero attached hydrogens (tertiary/aromatic N) is 1. The van der Waals surface area contributed by atoms with Gasteiger partial charge in [-0.2, -0.15) is 4.31 Å². The maximum absolute atomic E-state index is 12.9. The predicted molar refractivity (Wildman–Crippen MR) is 84.1 cm³/mol. The molecule has 2 rings (SSSR count). The zero-order valence-electron chi connectivity index (χ0n) is 12.5. The molecular weight excluding hydrogens is 310 g/mol. The number of alkyl halides is 1. The molecule has 0 spiro atoms. The molecule has 1 aromatic rings. The number of aryl methyl sites for hydroxylation is 1. The van der Waals surface area contributed by atoms with Crippen molar-refractivity contribution in [3.8, 4) is 0 Å². The smallest absolute Gasteiger partial charge is 0.243 e. The zero-order valence-corrected chi connectivity index (χ0v) is 14.1. The lowest BCUT2D eigenvalue weighted by Crippen LogP contribution is -2.43. The van der Waals surface area contributed by atoms with Gasteiger partial charge in [0.1, 0.15) is 0 Å². The SMILES string of the molecule is CCOC1CCCN(S(=O)(=O)c2cc(CCl)ccc2C)C1. The van der Waals surface area contributed by atoms with Gasteiger partial charge in [0.15, 0.2) is 0 Å². The molecule has 1 aromatic carbocycles. The standard InChI is InChI=1S/C15H22ClNO3S/c1-3-20-14-5-4-8-17(11-14)21(18,19)15-9-13(10-16)7-6-12(15)2/h6-7,9,14H,3-5,8,10-11H2,1-2H3. The Morgan fingerprint density at radius 2 is 2.19 bits per heavy atom. The van der Waals surface area contributed by atoms with E-state index in [1.54, 1.807) is 6.07 Å². The average Bonchev–Trinajstić information content (AvgIpc) is 2.48. The molecule has 6 heteroatoms. The van der Waals surface area contributed by atoms with Crippen LogP contribution in [-0.2, 0) is 20.6 Å². The minimum absolute atomic E-state index is 0.00459. The van der Waals surface area contributed by atoms with E-state index in [4.69, 9.17) is 16.3 Å². The first-order valence-electron chi connectivity index (χ1n) is 7.26. The van der Waals surface area contributed by atoms with Gasteiger partial charge in [-0.25, -0.2) is 8.42 Å². The van der Waals surface area contributed by atoms with E-state index < -0.39 is 10.0 Å². The number of benzene rings is 1. The lowest BCUT2D eigenvalue weighted by molar-refractivity contribution is 0.0265. The van der Waals surface area contributed by atoms with Gasteiger partial charge in [0.25, 0.3) is 0 Å². The highest BCUT2D eigenvalue weighted by Gasteiger charge is 2.31. The number of sulfonamides is 1. The van der Waals surface area contributed by atoms with Crippen molar-refractivity contribution in [1.82, 2.24) is 4.31 Å². The van der Waals surface area contributed by atoms with E-state index in [2.05, 4.69) is 0 Å². The van der Waals surface area contributed by atoms with Gasteiger partial charge in [0.05, 0.1) is 11.0 Å². The summed E-state index contributed by atoms with van der Waals surface area (Å²) in [5.74, 6) is 0.310. The molecule has 1 aliphatic heterocycles. The molecule has 1 fully saturated rings. The number of hydrogen-bond donors (Lipinski definition) is 0. The number of rotatable bonds is 5. The molecule has 0 bridgehead atoms. The van der Waals surface area contributed by atoms with Crippen LogP contribution >= 0.6 is 11.6 Å². The summed E-state index contributed by atoms with van der Waals surface area (Å²) in [7, 11) is -3.48. The molecule has 0 N–H and O–H groups in total. The number of halogens is 1. The minimum Gasteiger partial charge on any atom is -0.377 e. The van der Waals surface area contributed by atoms with Gasteiger partial charge in [-0.1, -0.05) is 12.1 Å². The molecule has 21 heavy (non-hydrogen) atoms. The Kier molecular flexibility index (Phi) is 5.66. The van der Waals surface area contributed by atoms with Crippen molar-refractivity contribution in [1.29, 1.82) is 0 Å². The van der Waals surface area contributed by atoms with Crippen molar-refractivity contribution in [2.45, 2.75) is 43.6 Å². The van der Waals surface area contributed by atoms with E-state index in [-0.39, 0.29) is 6.10 Å². The van der Waals surface area contributed by atoms with Gasteiger partial charge in [-0.15, -0.1) is 11.6 Å². The summed E-state index contributed by atoms with van der Waals surface area (Å²) in [4.78, 5) is 0.359. The van der Waals surface area contributed by atoms with Crippen LogP contribution in [0.4, 0.5) is 0 Å². The largest absolute Gasteiger partial charge is 0.377 e. The zero-order chi connectivity index (χ0) is 15.5. The Balaban J connectivity index is 2.29. The van der Waals surface area contributed by atoms with Crippen LogP contribution in [0.5, 0.6) is 0 Å². The van der Waals surface area contributed by atoms with E-state index in [9.17, 15) is 8.42 Å². The second-order valence-corrected chi connectivity index (χ2v) is 7.49. The molecule has 1 aliphatic rings. The van der Waals surface area contributed by atoms with E-state index in [1.807, 2.05) is 26.0 Å². The quantitative estimate of drug-likeness (QED) is 0.779. The lowest BCUT2D eigenvalue weighted by atomic mass is 10.1. The highest BCUT2D eigenvalue weighted by Crippen LogP contribution is 2.25. The molecule has 0 aromatic heterocycles. The van der Waals surface area contributed by atoms with Gasteiger partial charge in [0.2, 0.25) is 10.0 Å². The fourth-order valence-corrected chi connectivity index (χ4v) is 4.59. The summed E-state index contributed by atoms with van der Waals surface area (Å²) in [6, 6.07) is 5.36. The Bertz CT molecular complexity index is 587. The van der Waals surface area contributed by atoms with Crippen LogP contribution in [-0.4, -0.2) is 38.5 Å². The van der Waals surface area contributed by atoms with E-state index in [1.165, 1.54) is 4.31 Å². The summed E-state index contributed by atoms with van der Waals surface area (Å²) < 4.78 is 32.8. The molecule has 0 amide bonds. The molecule has 0 saturated carbocycles. The highest BCUT2D eigenvalue weighted by molar-refractivity contribution is 7.89. The Morgan fingerprint density at radius 1 is 1.43 bits per heavy atom. The molecule has 1 heterocycles. The molecule has 118 valence electrons. The summed E-state index contributed by atoms with van der Waals surface area (Å²) >= 11 is 5.82. The van der Waals surface area contributed by atoms with Crippen LogP contribution in [0.25, 0.3) is 0 Å². The first-order valence-corrected chi connectivity index (χ1v) is 9.23. The second kappa shape index (κ2) is 7.09. The van der Waals surface area contributed by atoms with E-state index >= 15 is 0 Å². The average molecular weight is 332 g/mol. The van der Waals surface area contributed by atoms with Gasteiger partial charge < -0.3 is 4.74 Å². The fourth-order valence-electron chi connectivity index (χ4n) is 2.64. The third-order valence-electron chi connectivity index (χ3n) is 3.77. The number of piperidine rings is 1. The van der Waals surface area contributed by atoms with Crippen molar-refractivity contribution >= 4 is 21.6 Å². The molecule has 1 atom stereocenters. The van der Waals surface area contributed by atoms with E-state index in [0.717, 1.165) is 24.0 Å². The molecular formula is C15H22ClNO3S. The Hall–Kier alpha value is -0.620. The fraction of sp³-hybridized carbons (Fsp3) is 0.600. The third kappa shape index (κ3) is 3.77. The van der Waals surface area contributed by atoms with Crippen molar-refractivity contribution in [3.63, 3.8) is 0 Å². The second-order valence-electron chi connectivity index (χ2n) is 5.32. The van der Waals surface area contributed by atoms with Crippen LogP contribution in [0.1, 0.15) is 30.9 Å².